The van der Waals surface area contributed by atoms with Crippen LogP contribution in [0, 0.1) is 11.7 Å². The maximum absolute atomic E-state index is 13.8. The molecule has 2 fully saturated rings. The fourth-order valence-electron chi connectivity index (χ4n) is 3.30. The molecule has 2 saturated heterocycles. The number of halogens is 1. The summed E-state index contributed by atoms with van der Waals surface area (Å²) in [5, 5.41) is 5.55. The van der Waals surface area contributed by atoms with Crippen molar-refractivity contribution in [2.75, 3.05) is 32.7 Å². The van der Waals surface area contributed by atoms with E-state index in [0.29, 0.717) is 38.2 Å². The molecule has 2 aliphatic rings. The molecule has 1 atom stereocenters. The van der Waals surface area contributed by atoms with Crippen molar-refractivity contribution in [1.82, 2.24) is 20.4 Å². The Kier molecular flexibility index (Phi) is 5.70. The molecule has 8 heteroatoms. The minimum Gasteiger partial charge on any atom is -0.354 e. The lowest BCUT2D eigenvalue weighted by molar-refractivity contribution is -0.138. The molecule has 0 bridgehead atoms. The van der Waals surface area contributed by atoms with E-state index in [1.165, 1.54) is 6.07 Å². The second-order valence-corrected chi connectivity index (χ2v) is 6.61. The predicted molar refractivity (Wildman–Crippen MR) is 92.5 cm³/mol. The van der Waals surface area contributed by atoms with Crippen molar-refractivity contribution in [2.45, 2.75) is 19.4 Å². The smallest absolute Gasteiger partial charge is 0.317 e. The van der Waals surface area contributed by atoms with Gasteiger partial charge in [0.05, 0.1) is 5.92 Å². The summed E-state index contributed by atoms with van der Waals surface area (Å²) in [6.45, 7) is 2.56. The van der Waals surface area contributed by atoms with Gasteiger partial charge in [-0.05, 0) is 12.5 Å². The van der Waals surface area contributed by atoms with Gasteiger partial charge in [0.15, 0.2) is 0 Å². The normalized spacial score (nSPS) is 20.3. The highest BCUT2D eigenvalue weighted by atomic mass is 19.1. The number of nitrogens with zero attached hydrogens (tertiary/aromatic N) is 2. The van der Waals surface area contributed by atoms with Crippen LogP contribution in [0.15, 0.2) is 24.3 Å². The number of rotatable bonds is 6. The van der Waals surface area contributed by atoms with Gasteiger partial charge >= 0.3 is 6.03 Å². The predicted octanol–water partition coefficient (Wildman–Crippen LogP) is 0.706. The largest absolute Gasteiger partial charge is 0.354 e. The fourth-order valence-corrected chi connectivity index (χ4v) is 3.30. The summed E-state index contributed by atoms with van der Waals surface area (Å²) in [7, 11) is 0. The summed E-state index contributed by atoms with van der Waals surface area (Å²) in [6.07, 6.45) is 0.768. The van der Waals surface area contributed by atoms with Crippen molar-refractivity contribution in [3.05, 3.63) is 35.6 Å². The van der Waals surface area contributed by atoms with Gasteiger partial charge in [-0.2, -0.15) is 0 Å². The van der Waals surface area contributed by atoms with E-state index in [1.807, 2.05) is 0 Å². The van der Waals surface area contributed by atoms with Crippen molar-refractivity contribution in [1.29, 1.82) is 0 Å². The molecule has 7 nitrogen and oxygen atoms in total. The van der Waals surface area contributed by atoms with Crippen LogP contribution in [0.2, 0.25) is 0 Å². The molecule has 2 N–H and O–H groups in total. The number of benzene rings is 1. The third-order valence-corrected chi connectivity index (χ3v) is 4.82. The van der Waals surface area contributed by atoms with Crippen LogP contribution in [0.3, 0.4) is 0 Å². The molecule has 0 aliphatic carbocycles. The number of urea groups is 1. The van der Waals surface area contributed by atoms with E-state index in [-0.39, 0.29) is 49.1 Å². The lowest BCUT2D eigenvalue weighted by Gasteiger charge is -2.32. The second-order valence-electron chi connectivity index (χ2n) is 6.61. The summed E-state index contributed by atoms with van der Waals surface area (Å²) in [5.74, 6) is -0.857. The first-order chi connectivity index (χ1) is 12.5. The number of piperidine rings is 1. The first-order valence-corrected chi connectivity index (χ1v) is 8.86. The van der Waals surface area contributed by atoms with Crippen LogP contribution in [0.1, 0.15) is 18.4 Å². The number of hydrogen-bond acceptors (Lipinski definition) is 3. The third-order valence-electron chi connectivity index (χ3n) is 4.82. The highest BCUT2D eigenvalue weighted by Gasteiger charge is 2.30. The zero-order valence-corrected chi connectivity index (χ0v) is 14.5. The van der Waals surface area contributed by atoms with Gasteiger partial charge in [-0.1, -0.05) is 18.2 Å². The Hall–Kier alpha value is -2.64. The summed E-state index contributed by atoms with van der Waals surface area (Å²) in [4.78, 5) is 39.2. The Morgan fingerprint density at radius 3 is 2.81 bits per heavy atom. The molecule has 3 rings (SSSR count). The molecule has 0 unspecified atom stereocenters. The molecule has 1 aromatic rings. The minimum atomic E-state index is -0.351. The molecule has 140 valence electrons. The standard InChI is InChI=1S/C18H23FN4O3/c19-15-4-2-1-3-13(15)11-23-12-14(5-6-16(23)24)17(25)20-7-9-22-10-8-21-18(22)26/h1-4,14H,5-12H2,(H,20,25)(H,21,26)/t14-/m1/s1. The molecule has 2 heterocycles. The van der Waals surface area contributed by atoms with Crippen LogP contribution in [0.5, 0.6) is 0 Å². The van der Waals surface area contributed by atoms with E-state index >= 15 is 0 Å². The Balaban J connectivity index is 1.50. The van der Waals surface area contributed by atoms with Gasteiger partial charge in [0.2, 0.25) is 11.8 Å². The first kappa shape index (κ1) is 18.2. The molecule has 0 saturated carbocycles. The van der Waals surface area contributed by atoms with Gasteiger partial charge in [0.1, 0.15) is 5.82 Å². The van der Waals surface area contributed by atoms with E-state index in [2.05, 4.69) is 10.6 Å². The molecule has 0 aromatic heterocycles. The Morgan fingerprint density at radius 1 is 1.27 bits per heavy atom. The third kappa shape index (κ3) is 4.30. The van der Waals surface area contributed by atoms with E-state index in [0.717, 1.165) is 0 Å². The number of carbonyl (C=O) groups is 3. The fraction of sp³-hybridized carbons (Fsp3) is 0.500. The number of carbonyl (C=O) groups excluding carboxylic acids is 3. The monoisotopic (exact) mass is 362 g/mol. The number of amides is 4. The van der Waals surface area contributed by atoms with Crippen molar-refractivity contribution in [3.63, 3.8) is 0 Å². The lowest BCUT2D eigenvalue weighted by Crippen LogP contribution is -2.46. The molecule has 2 aliphatic heterocycles. The van der Waals surface area contributed by atoms with Gasteiger partial charge in [0, 0.05) is 51.3 Å². The van der Waals surface area contributed by atoms with Crippen molar-refractivity contribution in [3.8, 4) is 0 Å². The number of hydrogen-bond donors (Lipinski definition) is 2. The summed E-state index contributed by atoms with van der Waals surface area (Å²) in [5.41, 5.74) is 0.446. The molecular weight excluding hydrogens is 339 g/mol. The SMILES string of the molecule is O=C(NCCN1CCNC1=O)[C@@H]1CCC(=O)N(Cc2ccccc2F)C1. The highest BCUT2D eigenvalue weighted by Crippen LogP contribution is 2.21. The van der Waals surface area contributed by atoms with E-state index < -0.39 is 0 Å². The topological polar surface area (TPSA) is 81.8 Å². The number of likely N-dealkylation sites (tertiary alicyclic amines) is 1. The minimum absolute atomic E-state index is 0.0639. The zero-order chi connectivity index (χ0) is 18.5. The van der Waals surface area contributed by atoms with Crippen LogP contribution < -0.4 is 10.6 Å². The lowest BCUT2D eigenvalue weighted by atomic mass is 9.96. The van der Waals surface area contributed by atoms with Crippen molar-refractivity contribution in [2.24, 2.45) is 5.92 Å². The summed E-state index contributed by atoms with van der Waals surface area (Å²) >= 11 is 0. The molecule has 4 amide bonds. The van der Waals surface area contributed by atoms with Gasteiger partial charge in [0.25, 0.3) is 0 Å². The van der Waals surface area contributed by atoms with E-state index in [9.17, 15) is 18.8 Å². The van der Waals surface area contributed by atoms with Crippen molar-refractivity contribution >= 4 is 17.8 Å². The van der Waals surface area contributed by atoms with Gasteiger partial charge in [-0.15, -0.1) is 0 Å². The van der Waals surface area contributed by atoms with Crippen molar-refractivity contribution < 1.29 is 18.8 Å². The molecule has 1 aromatic carbocycles. The average Bonchev–Trinajstić information content (AvgIpc) is 3.03. The highest BCUT2D eigenvalue weighted by molar-refractivity contribution is 5.84. The van der Waals surface area contributed by atoms with Gasteiger partial charge < -0.3 is 20.4 Å². The molecule has 0 radical (unpaired) electrons. The molecule has 0 spiro atoms. The zero-order valence-electron chi connectivity index (χ0n) is 14.5. The van der Waals surface area contributed by atoms with Crippen LogP contribution in [0.4, 0.5) is 9.18 Å². The Bertz CT molecular complexity index is 697. The van der Waals surface area contributed by atoms with E-state index in [4.69, 9.17) is 0 Å². The van der Waals surface area contributed by atoms with Crippen LogP contribution >= 0.6 is 0 Å². The van der Waals surface area contributed by atoms with Gasteiger partial charge in [-0.25, -0.2) is 9.18 Å². The second kappa shape index (κ2) is 8.16. The Labute approximate surface area is 151 Å². The van der Waals surface area contributed by atoms with Gasteiger partial charge in [-0.3, -0.25) is 9.59 Å². The van der Waals surface area contributed by atoms with Crippen LogP contribution in [-0.4, -0.2) is 60.4 Å². The van der Waals surface area contributed by atoms with E-state index in [1.54, 1.807) is 28.0 Å². The first-order valence-electron chi connectivity index (χ1n) is 8.86. The van der Waals surface area contributed by atoms with Crippen LogP contribution in [0.25, 0.3) is 0 Å². The van der Waals surface area contributed by atoms with Crippen LogP contribution in [-0.2, 0) is 16.1 Å². The molecule has 26 heavy (non-hydrogen) atoms. The molecular formula is C18H23FN4O3. The summed E-state index contributed by atoms with van der Waals surface area (Å²) < 4.78 is 13.8. The summed E-state index contributed by atoms with van der Waals surface area (Å²) in [6, 6.07) is 6.23. The number of nitrogens with one attached hydrogen (secondary N) is 2. The Morgan fingerprint density at radius 2 is 2.08 bits per heavy atom. The maximum atomic E-state index is 13.8. The average molecular weight is 362 g/mol. The quantitative estimate of drug-likeness (QED) is 0.782. The maximum Gasteiger partial charge on any atom is 0.317 e.